The summed E-state index contributed by atoms with van der Waals surface area (Å²) in [5, 5.41) is 0.478. The first-order valence-corrected chi connectivity index (χ1v) is 8.87. The molecule has 0 radical (unpaired) electrons. The largest absolute Gasteiger partial charge is 0.337 e. The van der Waals surface area contributed by atoms with E-state index in [0.717, 1.165) is 11.4 Å². The van der Waals surface area contributed by atoms with Crippen molar-refractivity contribution in [3.63, 3.8) is 0 Å². The number of rotatable bonds is 2. The van der Waals surface area contributed by atoms with Gasteiger partial charge in [0.05, 0.1) is 10.9 Å². The van der Waals surface area contributed by atoms with Crippen molar-refractivity contribution in [1.82, 2.24) is 24.8 Å². The average Bonchev–Trinajstić information content (AvgIpc) is 2.67. The maximum absolute atomic E-state index is 12.8. The lowest BCUT2D eigenvalue weighted by molar-refractivity contribution is 0.0734. The molecule has 3 aromatic rings. The Morgan fingerprint density at radius 2 is 1.67 bits per heavy atom. The summed E-state index contributed by atoms with van der Waals surface area (Å²) in [7, 11) is 0. The molecule has 1 aliphatic heterocycles. The molecule has 0 saturated carbocycles. The summed E-state index contributed by atoms with van der Waals surface area (Å²) >= 11 is 0. The van der Waals surface area contributed by atoms with Crippen molar-refractivity contribution in [2.75, 3.05) is 31.1 Å². The normalized spacial score (nSPS) is 14.6. The van der Waals surface area contributed by atoms with Gasteiger partial charge in [-0.2, -0.15) is 0 Å². The van der Waals surface area contributed by atoms with Crippen LogP contribution < -0.4 is 10.5 Å². The minimum atomic E-state index is -0.300. The number of para-hydroxylation sites is 1. The van der Waals surface area contributed by atoms with E-state index in [1.54, 1.807) is 29.2 Å². The maximum atomic E-state index is 12.8. The van der Waals surface area contributed by atoms with Gasteiger partial charge in [0.2, 0.25) is 5.95 Å². The molecule has 1 aliphatic rings. The summed E-state index contributed by atoms with van der Waals surface area (Å²) in [5.74, 6) is 0.505. The highest BCUT2D eigenvalue weighted by molar-refractivity contribution is 5.92. The van der Waals surface area contributed by atoms with Crippen molar-refractivity contribution in [3.05, 3.63) is 57.9 Å². The number of H-pyrrole nitrogens is 1. The number of aromatic nitrogens is 4. The lowest BCUT2D eigenvalue weighted by atomic mass is 10.2. The van der Waals surface area contributed by atoms with Gasteiger partial charge in [0.1, 0.15) is 0 Å². The summed E-state index contributed by atoms with van der Waals surface area (Å²) in [4.78, 5) is 44.7. The third-order valence-electron chi connectivity index (χ3n) is 4.64. The number of nitrogens with one attached hydrogen (secondary N) is 1. The molecule has 1 fully saturated rings. The van der Waals surface area contributed by atoms with E-state index >= 15 is 0 Å². The minimum Gasteiger partial charge on any atom is -0.337 e. The molecule has 2 aromatic heterocycles. The topological polar surface area (TPSA) is 95.1 Å². The molecule has 0 bridgehead atoms. The van der Waals surface area contributed by atoms with Crippen LogP contribution in [0.15, 0.2) is 35.1 Å². The molecule has 1 amide bonds. The first-order chi connectivity index (χ1) is 13.0. The number of benzene rings is 1. The molecule has 27 heavy (non-hydrogen) atoms. The smallest absolute Gasteiger partial charge is 0.289 e. The maximum Gasteiger partial charge on any atom is 0.289 e. The Labute approximate surface area is 155 Å². The second-order valence-electron chi connectivity index (χ2n) is 6.66. The Bertz CT molecular complexity index is 1050. The number of fused-ring (bicyclic) bond motifs is 1. The molecule has 1 saturated heterocycles. The molecule has 8 nitrogen and oxygen atoms in total. The first kappa shape index (κ1) is 17.1. The van der Waals surface area contributed by atoms with E-state index in [1.165, 1.54) is 0 Å². The summed E-state index contributed by atoms with van der Waals surface area (Å²) in [6, 6.07) is 8.93. The van der Waals surface area contributed by atoms with Gasteiger partial charge in [0, 0.05) is 37.6 Å². The van der Waals surface area contributed by atoms with Crippen molar-refractivity contribution in [1.29, 1.82) is 0 Å². The molecule has 3 heterocycles. The molecule has 0 unspecified atom stereocenters. The molecular formula is C19H20N6O2. The van der Waals surface area contributed by atoms with Crippen LogP contribution in [0.1, 0.15) is 22.0 Å². The van der Waals surface area contributed by atoms with Crippen LogP contribution in [0.3, 0.4) is 0 Å². The van der Waals surface area contributed by atoms with Crippen molar-refractivity contribution in [3.8, 4) is 0 Å². The van der Waals surface area contributed by atoms with Crippen LogP contribution in [-0.4, -0.2) is 56.9 Å². The number of aryl methyl sites for hydroxylation is 2. The van der Waals surface area contributed by atoms with Gasteiger partial charge in [-0.1, -0.05) is 12.1 Å². The fourth-order valence-electron chi connectivity index (χ4n) is 3.30. The third-order valence-corrected chi connectivity index (χ3v) is 4.64. The first-order valence-electron chi connectivity index (χ1n) is 8.87. The standard InChI is InChI=1S/C19H20N6O2/c1-12-11-13(2)21-19(20-12)25-9-7-24(8-10-25)18(27)16-22-15-6-4-3-5-14(15)17(26)23-16/h3-6,11H,7-10H2,1-2H3,(H,22,23,26). The van der Waals surface area contributed by atoms with E-state index in [0.29, 0.717) is 43.0 Å². The van der Waals surface area contributed by atoms with E-state index in [-0.39, 0.29) is 17.3 Å². The molecule has 8 heteroatoms. The highest BCUT2D eigenvalue weighted by Gasteiger charge is 2.25. The fourth-order valence-corrected chi connectivity index (χ4v) is 3.30. The number of carbonyl (C=O) groups is 1. The van der Waals surface area contributed by atoms with E-state index in [1.807, 2.05) is 19.9 Å². The lowest BCUT2D eigenvalue weighted by Gasteiger charge is -2.34. The van der Waals surface area contributed by atoms with Crippen LogP contribution in [0.5, 0.6) is 0 Å². The van der Waals surface area contributed by atoms with Crippen LogP contribution >= 0.6 is 0 Å². The average molecular weight is 364 g/mol. The minimum absolute atomic E-state index is 0.0785. The number of aromatic amines is 1. The van der Waals surface area contributed by atoms with Crippen LogP contribution in [0.2, 0.25) is 0 Å². The van der Waals surface area contributed by atoms with Gasteiger partial charge >= 0.3 is 0 Å². The van der Waals surface area contributed by atoms with Crippen LogP contribution in [0, 0.1) is 13.8 Å². The van der Waals surface area contributed by atoms with Gasteiger partial charge < -0.3 is 14.8 Å². The number of hydrogen-bond donors (Lipinski definition) is 1. The SMILES string of the molecule is Cc1cc(C)nc(N2CCN(C(=O)c3nc4ccccc4c(=O)[nH]3)CC2)n1. The number of carbonyl (C=O) groups excluding carboxylic acids is 1. The lowest BCUT2D eigenvalue weighted by Crippen LogP contribution is -2.49. The summed E-state index contributed by atoms with van der Waals surface area (Å²) in [5.41, 5.74) is 2.07. The second kappa shape index (κ2) is 6.79. The molecule has 4 rings (SSSR count). The van der Waals surface area contributed by atoms with Crippen molar-refractivity contribution >= 4 is 22.8 Å². The van der Waals surface area contributed by atoms with E-state index in [9.17, 15) is 9.59 Å². The summed E-state index contributed by atoms with van der Waals surface area (Å²) < 4.78 is 0. The van der Waals surface area contributed by atoms with E-state index in [4.69, 9.17) is 0 Å². The molecule has 138 valence electrons. The monoisotopic (exact) mass is 364 g/mol. The van der Waals surface area contributed by atoms with Gasteiger partial charge in [-0.05, 0) is 32.0 Å². The predicted molar refractivity (Wildman–Crippen MR) is 102 cm³/mol. The van der Waals surface area contributed by atoms with Crippen molar-refractivity contribution in [2.45, 2.75) is 13.8 Å². The Hall–Kier alpha value is -3.29. The zero-order valence-electron chi connectivity index (χ0n) is 15.3. The Balaban J connectivity index is 1.51. The van der Waals surface area contributed by atoms with Crippen molar-refractivity contribution in [2.24, 2.45) is 0 Å². The zero-order chi connectivity index (χ0) is 19.0. The summed E-state index contributed by atoms with van der Waals surface area (Å²) in [6.45, 7) is 6.19. The van der Waals surface area contributed by atoms with Gasteiger partial charge in [-0.25, -0.2) is 15.0 Å². The third kappa shape index (κ3) is 3.38. The Morgan fingerprint density at radius 3 is 2.37 bits per heavy atom. The van der Waals surface area contributed by atoms with Gasteiger partial charge in [-0.15, -0.1) is 0 Å². The number of piperazine rings is 1. The molecule has 0 spiro atoms. The molecule has 1 aromatic carbocycles. The molecular weight excluding hydrogens is 344 g/mol. The van der Waals surface area contributed by atoms with Crippen molar-refractivity contribution < 1.29 is 4.79 Å². The summed E-state index contributed by atoms with van der Waals surface area (Å²) in [6.07, 6.45) is 0. The zero-order valence-corrected chi connectivity index (χ0v) is 15.3. The second-order valence-corrected chi connectivity index (χ2v) is 6.66. The number of anilines is 1. The van der Waals surface area contributed by atoms with Gasteiger partial charge in [0.15, 0.2) is 5.82 Å². The molecule has 0 atom stereocenters. The number of nitrogens with zero attached hydrogens (tertiary/aromatic N) is 5. The molecule has 1 N–H and O–H groups in total. The number of amides is 1. The fraction of sp³-hybridized carbons (Fsp3) is 0.316. The predicted octanol–water partition coefficient (Wildman–Crippen LogP) is 1.29. The van der Waals surface area contributed by atoms with Gasteiger partial charge in [-0.3, -0.25) is 9.59 Å². The Morgan fingerprint density at radius 1 is 1.00 bits per heavy atom. The van der Waals surface area contributed by atoms with Gasteiger partial charge in [0.25, 0.3) is 11.5 Å². The molecule has 0 aliphatic carbocycles. The van der Waals surface area contributed by atoms with Crippen LogP contribution in [-0.2, 0) is 0 Å². The van der Waals surface area contributed by atoms with E-state index < -0.39 is 0 Å². The Kier molecular flexibility index (Phi) is 4.31. The quantitative estimate of drug-likeness (QED) is 0.736. The highest BCUT2D eigenvalue weighted by Crippen LogP contribution is 2.14. The van der Waals surface area contributed by atoms with Crippen LogP contribution in [0.4, 0.5) is 5.95 Å². The number of hydrogen-bond acceptors (Lipinski definition) is 6. The van der Waals surface area contributed by atoms with Crippen LogP contribution in [0.25, 0.3) is 10.9 Å². The highest BCUT2D eigenvalue weighted by atomic mass is 16.2. The van der Waals surface area contributed by atoms with E-state index in [2.05, 4.69) is 24.8 Å².